The fraction of sp³-hybridized carbons (Fsp3) is 0. The molecule has 0 saturated heterocycles. The van der Waals surface area contributed by atoms with Gasteiger partial charge in [-0.25, -0.2) is 19.9 Å². The van der Waals surface area contributed by atoms with Gasteiger partial charge in [0.1, 0.15) is 16.8 Å². The Morgan fingerprint density at radius 2 is 0.920 bits per heavy atom. The highest BCUT2D eigenvalue weighted by molar-refractivity contribution is 7.26. The molecule has 5 nitrogen and oxygen atoms in total. The van der Waals surface area contributed by atoms with Crippen molar-refractivity contribution in [3.05, 3.63) is 158 Å². The summed E-state index contributed by atoms with van der Waals surface area (Å²) < 4.78 is 8.71. The molecule has 0 unspecified atom stereocenters. The van der Waals surface area contributed by atoms with Crippen LogP contribution in [0.1, 0.15) is 0 Å². The lowest BCUT2D eigenvalue weighted by Gasteiger charge is -2.10. The van der Waals surface area contributed by atoms with Crippen molar-refractivity contribution in [2.45, 2.75) is 0 Å². The van der Waals surface area contributed by atoms with Crippen molar-refractivity contribution in [2.24, 2.45) is 0 Å². The van der Waals surface area contributed by atoms with E-state index in [1.54, 1.807) is 11.3 Å². The van der Waals surface area contributed by atoms with E-state index in [0.717, 1.165) is 82.7 Å². The average Bonchev–Trinajstić information content (AvgIpc) is 3.76. The van der Waals surface area contributed by atoms with Crippen LogP contribution >= 0.6 is 11.3 Å². The Morgan fingerprint density at radius 3 is 1.62 bits per heavy atom. The van der Waals surface area contributed by atoms with Crippen molar-refractivity contribution >= 4 is 53.7 Å². The second-order valence-electron chi connectivity index (χ2n) is 12.2. The van der Waals surface area contributed by atoms with E-state index >= 15 is 0 Å². The summed E-state index contributed by atoms with van der Waals surface area (Å²) in [6, 6.07) is 53.9. The van der Waals surface area contributed by atoms with Gasteiger partial charge in [0.25, 0.3) is 0 Å². The third-order valence-electron chi connectivity index (χ3n) is 9.11. The first-order chi connectivity index (χ1) is 24.8. The van der Waals surface area contributed by atoms with Gasteiger partial charge in [-0.05, 0) is 41.5 Å². The van der Waals surface area contributed by atoms with E-state index < -0.39 is 0 Å². The van der Waals surface area contributed by atoms with E-state index in [2.05, 4.69) is 91.0 Å². The number of para-hydroxylation sites is 1. The first-order valence-corrected chi connectivity index (χ1v) is 17.3. The molecule has 4 aromatic heterocycles. The molecule has 0 N–H and O–H groups in total. The number of hydrogen-bond acceptors (Lipinski definition) is 6. The molecule has 10 aromatic rings. The standard InChI is InChI=1S/C44H26N4OS/c1-3-13-27(14-4-1)43-45-37(41-39(47-43)33-21-7-9-23-35(33)49-41)31-19-11-17-29(25-31)30-18-12-20-32(26-30)38-42-40(34-22-8-10-24-36(34)50-42)48-44(46-38)28-15-5-2-6-16-28/h1-26H. The van der Waals surface area contributed by atoms with E-state index in [1.165, 1.54) is 4.70 Å². The SMILES string of the molecule is c1ccc(-c2nc(-c3cccc(-c4cccc(-c5nc(-c6ccccc6)nc6c5sc5ccccc56)c4)c3)c3oc4ccccc4c3n2)cc1. The van der Waals surface area contributed by atoms with Gasteiger partial charge in [-0.1, -0.05) is 127 Å². The Balaban J connectivity index is 1.14. The van der Waals surface area contributed by atoms with Crippen LogP contribution < -0.4 is 0 Å². The number of fused-ring (bicyclic) bond motifs is 6. The molecule has 0 aliphatic carbocycles. The molecule has 0 radical (unpaired) electrons. The van der Waals surface area contributed by atoms with Crippen LogP contribution in [0.2, 0.25) is 0 Å². The van der Waals surface area contributed by atoms with Gasteiger partial charge in [0.15, 0.2) is 17.2 Å². The Kier molecular flexibility index (Phi) is 6.60. The molecule has 6 aromatic carbocycles. The molecule has 0 atom stereocenters. The zero-order valence-corrected chi connectivity index (χ0v) is 27.4. The van der Waals surface area contributed by atoms with Crippen LogP contribution in [0.15, 0.2) is 162 Å². The summed E-state index contributed by atoms with van der Waals surface area (Å²) in [5.41, 5.74) is 11.0. The molecule has 50 heavy (non-hydrogen) atoms. The smallest absolute Gasteiger partial charge is 0.180 e. The van der Waals surface area contributed by atoms with Crippen LogP contribution in [0.5, 0.6) is 0 Å². The number of thiophene rings is 1. The topological polar surface area (TPSA) is 64.7 Å². The second kappa shape index (κ2) is 11.6. The third kappa shape index (κ3) is 4.77. The molecule has 0 aliphatic heterocycles. The zero-order valence-electron chi connectivity index (χ0n) is 26.6. The highest BCUT2D eigenvalue weighted by Crippen LogP contribution is 2.41. The third-order valence-corrected chi connectivity index (χ3v) is 10.3. The van der Waals surface area contributed by atoms with E-state index in [-0.39, 0.29) is 0 Å². The maximum absolute atomic E-state index is 6.43. The number of benzene rings is 6. The molecule has 4 heterocycles. The Hall–Kier alpha value is -6.50. The summed E-state index contributed by atoms with van der Waals surface area (Å²) in [7, 11) is 0. The average molecular weight is 659 g/mol. The van der Waals surface area contributed by atoms with Gasteiger partial charge in [-0.2, -0.15) is 0 Å². The van der Waals surface area contributed by atoms with E-state index in [9.17, 15) is 0 Å². The molecule has 0 aliphatic rings. The van der Waals surface area contributed by atoms with Crippen molar-refractivity contribution < 1.29 is 4.42 Å². The zero-order chi connectivity index (χ0) is 33.0. The molecule has 0 amide bonds. The summed E-state index contributed by atoms with van der Waals surface area (Å²) in [6.07, 6.45) is 0. The Labute approximate surface area is 291 Å². The van der Waals surface area contributed by atoms with Gasteiger partial charge >= 0.3 is 0 Å². The normalized spacial score (nSPS) is 11.6. The van der Waals surface area contributed by atoms with Gasteiger partial charge in [0, 0.05) is 37.7 Å². The minimum Gasteiger partial charge on any atom is -0.452 e. The van der Waals surface area contributed by atoms with Gasteiger partial charge in [-0.3, -0.25) is 0 Å². The minimum absolute atomic E-state index is 0.664. The Morgan fingerprint density at radius 1 is 0.400 bits per heavy atom. The van der Waals surface area contributed by atoms with Crippen molar-refractivity contribution in [2.75, 3.05) is 0 Å². The number of aromatic nitrogens is 4. The lowest BCUT2D eigenvalue weighted by atomic mass is 9.98. The largest absolute Gasteiger partial charge is 0.452 e. The summed E-state index contributed by atoms with van der Waals surface area (Å²) in [5, 5.41) is 2.12. The van der Waals surface area contributed by atoms with Gasteiger partial charge in [0.05, 0.1) is 15.9 Å². The summed E-state index contributed by atoms with van der Waals surface area (Å²) >= 11 is 1.74. The molecule has 0 bridgehead atoms. The summed E-state index contributed by atoms with van der Waals surface area (Å²) in [5.74, 6) is 1.38. The lowest BCUT2D eigenvalue weighted by Crippen LogP contribution is -1.94. The lowest BCUT2D eigenvalue weighted by molar-refractivity contribution is 0.667. The van der Waals surface area contributed by atoms with Crippen LogP contribution in [-0.2, 0) is 0 Å². The van der Waals surface area contributed by atoms with Gasteiger partial charge in [-0.15, -0.1) is 11.3 Å². The van der Waals surface area contributed by atoms with Crippen LogP contribution in [-0.4, -0.2) is 19.9 Å². The molecule has 234 valence electrons. The predicted molar refractivity (Wildman–Crippen MR) is 205 cm³/mol. The monoisotopic (exact) mass is 658 g/mol. The van der Waals surface area contributed by atoms with Crippen molar-refractivity contribution in [3.63, 3.8) is 0 Å². The van der Waals surface area contributed by atoms with E-state index in [0.29, 0.717) is 11.4 Å². The van der Waals surface area contributed by atoms with E-state index in [4.69, 9.17) is 24.4 Å². The molecule has 0 spiro atoms. The molecule has 6 heteroatoms. The van der Waals surface area contributed by atoms with E-state index in [1.807, 2.05) is 66.7 Å². The van der Waals surface area contributed by atoms with Crippen LogP contribution in [0, 0.1) is 0 Å². The second-order valence-corrected chi connectivity index (χ2v) is 13.3. The van der Waals surface area contributed by atoms with Gasteiger partial charge < -0.3 is 4.42 Å². The summed E-state index contributed by atoms with van der Waals surface area (Å²) in [4.78, 5) is 20.4. The molecular weight excluding hydrogens is 633 g/mol. The van der Waals surface area contributed by atoms with Crippen LogP contribution in [0.4, 0.5) is 0 Å². The number of hydrogen-bond donors (Lipinski definition) is 0. The number of rotatable bonds is 5. The molecule has 10 rings (SSSR count). The molecule has 0 saturated carbocycles. The molecule has 0 fully saturated rings. The quantitative estimate of drug-likeness (QED) is 0.184. The fourth-order valence-corrected chi connectivity index (χ4v) is 7.85. The maximum atomic E-state index is 6.43. The van der Waals surface area contributed by atoms with Crippen LogP contribution in [0.3, 0.4) is 0 Å². The van der Waals surface area contributed by atoms with Crippen molar-refractivity contribution in [1.29, 1.82) is 0 Å². The minimum atomic E-state index is 0.664. The van der Waals surface area contributed by atoms with Crippen molar-refractivity contribution in [3.8, 4) is 56.4 Å². The number of nitrogens with zero attached hydrogens (tertiary/aromatic N) is 4. The predicted octanol–water partition coefficient (Wildman–Crippen LogP) is 11.9. The van der Waals surface area contributed by atoms with Crippen LogP contribution in [0.25, 0.3) is 98.8 Å². The highest BCUT2D eigenvalue weighted by Gasteiger charge is 2.20. The first kappa shape index (κ1) is 28.5. The molecular formula is C44H26N4OS. The fourth-order valence-electron chi connectivity index (χ4n) is 6.70. The number of furan rings is 1. The van der Waals surface area contributed by atoms with Crippen molar-refractivity contribution in [1.82, 2.24) is 19.9 Å². The summed E-state index contributed by atoms with van der Waals surface area (Å²) in [6.45, 7) is 0. The first-order valence-electron chi connectivity index (χ1n) is 16.5. The Bertz CT molecular complexity index is 2680. The highest BCUT2D eigenvalue weighted by atomic mass is 32.1. The maximum Gasteiger partial charge on any atom is 0.180 e. The van der Waals surface area contributed by atoms with Gasteiger partial charge in [0.2, 0.25) is 0 Å².